The average Bonchev–Trinajstić information content (AvgIpc) is 2.87. The molecular weight excluding hydrogens is 541 g/mol. The number of benzene rings is 3. The van der Waals surface area contributed by atoms with Crippen molar-refractivity contribution in [2.45, 2.75) is 45.8 Å². The molecule has 1 atom stereocenters. The predicted molar refractivity (Wildman–Crippen MR) is 153 cm³/mol. The van der Waals surface area contributed by atoms with E-state index < -0.39 is 34.3 Å². The third-order valence-corrected chi connectivity index (χ3v) is 7.60. The Morgan fingerprint density at radius 1 is 1.00 bits per heavy atom. The summed E-state index contributed by atoms with van der Waals surface area (Å²) in [6.07, 6.45) is 1.18. The lowest BCUT2D eigenvalue weighted by Crippen LogP contribution is -2.54. The smallest absolute Gasteiger partial charge is 0.244 e. The molecule has 39 heavy (non-hydrogen) atoms. The zero-order valence-corrected chi connectivity index (χ0v) is 24.0. The molecule has 0 fully saturated rings. The van der Waals surface area contributed by atoms with E-state index in [1.807, 2.05) is 75.4 Å². The maximum atomic E-state index is 14.0. The summed E-state index contributed by atoms with van der Waals surface area (Å²) in [5, 5.41) is 2.63. The van der Waals surface area contributed by atoms with Gasteiger partial charge in [0.1, 0.15) is 18.4 Å². The van der Waals surface area contributed by atoms with Crippen LogP contribution in [0.5, 0.6) is 0 Å². The first-order valence-electron chi connectivity index (χ1n) is 12.5. The number of hydrogen-bond donors (Lipinski definition) is 1. The molecule has 0 aromatic heterocycles. The van der Waals surface area contributed by atoms with Crippen LogP contribution in [0.15, 0.2) is 72.8 Å². The Balaban J connectivity index is 2.08. The number of carbonyl (C=O) groups excluding carboxylic acids is 2. The van der Waals surface area contributed by atoms with Gasteiger partial charge < -0.3 is 10.2 Å². The molecule has 3 rings (SSSR count). The van der Waals surface area contributed by atoms with Crippen LogP contribution in [0.4, 0.5) is 10.1 Å². The minimum Gasteiger partial charge on any atom is -0.352 e. The van der Waals surface area contributed by atoms with Crippen molar-refractivity contribution in [3.8, 4) is 0 Å². The van der Waals surface area contributed by atoms with Crippen LogP contribution in [0.25, 0.3) is 0 Å². The van der Waals surface area contributed by atoms with E-state index in [9.17, 15) is 22.4 Å². The summed E-state index contributed by atoms with van der Waals surface area (Å²) in [5.74, 6) is -1.66. The van der Waals surface area contributed by atoms with Gasteiger partial charge in [-0.2, -0.15) is 0 Å². The van der Waals surface area contributed by atoms with Gasteiger partial charge in [0.05, 0.1) is 17.0 Å². The number of nitrogens with one attached hydrogen (secondary N) is 1. The van der Waals surface area contributed by atoms with Crippen LogP contribution >= 0.6 is 11.6 Å². The fourth-order valence-corrected chi connectivity index (χ4v) is 5.18. The average molecular weight is 574 g/mol. The zero-order chi connectivity index (χ0) is 28.7. The van der Waals surface area contributed by atoms with E-state index in [1.165, 1.54) is 11.0 Å². The van der Waals surface area contributed by atoms with Gasteiger partial charge in [0.25, 0.3) is 0 Å². The van der Waals surface area contributed by atoms with Gasteiger partial charge in [-0.15, -0.1) is 0 Å². The molecule has 3 aromatic carbocycles. The van der Waals surface area contributed by atoms with Crippen molar-refractivity contribution in [3.63, 3.8) is 0 Å². The molecule has 0 spiro atoms. The number of hydrogen-bond acceptors (Lipinski definition) is 4. The molecule has 208 valence electrons. The third kappa shape index (κ3) is 8.28. The normalized spacial score (nSPS) is 12.2. The van der Waals surface area contributed by atoms with Crippen molar-refractivity contribution in [1.29, 1.82) is 0 Å². The van der Waals surface area contributed by atoms with Crippen LogP contribution in [-0.4, -0.2) is 50.0 Å². The van der Waals surface area contributed by atoms with Gasteiger partial charge in [0.15, 0.2) is 0 Å². The molecule has 0 heterocycles. The standard InChI is InChI=1S/C29H33ClFN3O4S/c1-20(2)32-29(36)27(16-22-11-6-5-7-12-22)33(18-23-13-9-8-10-21(23)3)28(35)19-34(39(4,37)38)24-14-15-26(31)25(30)17-24/h5-15,17,20,27H,16,18-19H2,1-4H3,(H,32,36). The zero-order valence-electron chi connectivity index (χ0n) is 22.4. The van der Waals surface area contributed by atoms with Crippen molar-refractivity contribution in [2.24, 2.45) is 0 Å². The lowest BCUT2D eigenvalue weighted by molar-refractivity contribution is -0.140. The number of carbonyl (C=O) groups is 2. The summed E-state index contributed by atoms with van der Waals surface area (Å²) in [6, 6.07) is 19.1. The first kappa shape index (κ1) is 30.1. The fraction of sp³-hybridized carbons (Fsp3) is 0.310. The molecule has 0 saturated heterocycles. The van der Waals surface area contributed by atoms with Gasteiger partial charge in [-0.3, -0.25) is 13.9 Å². The number of rotatable bonds is 11. The highest BCUT2D eigenvalue weighted by atomic mass is 35.5. The second-order valence-electron chi connectivity index (χ2n) is 9.68. The number of sulfonamides is 1. The largest absolute Gasteiger partial charge is 0.352 e. The predicted octanol–water partition coefficient (Wildman–Crippen LogP) is 4.72. The molecule has 0 aliphatic carbocycles. The maximum absolute atomic E-state index is 14.0. The summed E-state index contributed by atoms with van der Waals surface area (Å²) < 4.78 is 40.2. The fourth-order valence-electron chi connectivity index (χ4n) is 4.16. The Hall–Kier alpha value is -3.43. The number of anilines is 1. The molecule has 3 aromatic rings. The molecule has 0 bridgehead atoms. The number of amides is 2. The topological polar surface area (TPSA) is 86.8 Å². The van der Waals surface area contributed by atoms with Crippen molar-refractivity contribution in [1.82, 2.24) is 10.2 Å². The van der Waals surface area contributed by atoms with Crippen LogP contribution in [-0.2, 0) is 32.6 Å². The number of halogens is 2. The highest BCUT2D eigenvalue weighted by molar-refractivity contribution is 7.92. The van der Waals surface area contributed by atoms with Gasteiger partial charge in [-0.1, -0.05) is 66.2 Å². The van der Waals surface area contributed by atoms with E-state index in [1.54, 1.807) is 0 Å². The molecule has 7 nitrogen and oxygen atoms in total. The van der Waals surface area contributed by atoms with E-state index in [2.05, 4.69) is 5.32 Å². The van der Waals surface area contributed by atoms with Crippen LogP contribution < -0.4 is 9.62 Å². The quantitative estimate of drug-likeness (QED) is 0.360. The maximum Gasteiger partial charge on any atom is 0.244 e. The molecule has 1 N–H and O–H groups in total. The molecule has 0 saturated carbocycles. The first-order chi connectivity index (χ1) is 18.4. The number of nitrogens with zero attached hydrogens (tertiary/aromatic N) is 2. The van der Waals surface area contributed by atoms with Gasteiger partial charge in [0, 0.05) is 19.0 Å². The Morgan fingerprint density at radius 2 is 1.64 bits per heavy atom. The van der Waals surface area contributed by atoms with E-state index in [-0.39, 0.29) is 35.6 Å². The van der Waals surface area contributed by atoms with Crippen molar-refractivity contribution in [2.75, 3.05) is 17.1 Å². The summed E-state index contributed by atoms with van der Waals surface area (Å²) >= 11 is 5.92. The van der Waals surface area contributed by atoms with Crippen molar-refractivity contribution < 1.29 is 22.4 Å². The van der Waals surface area contributed by atoms with Gasteiger partial charge >= 0.3 is 0 Å². The summed E-state index contributed by atoms with van der Waals surface area (Å²) in [4.78, 5) is 28.9. The van der Waals surface area contributed by atoms with Crippen molar-refractivity contribution >= 4 is 39.1 Å². The first-order valence-corrected chi connectivity index (χ1v) is 14.7. The second-order valence-corrected chi connectivity index (χ2v) is 12.0. The van der Waals surface area contributed by atoms with Crippen LogP contribution in [0.3, 0.4) is 0 Å². The molecule has 0 aliphatic rings. The molecule has 0 aliphatic heterocycles. The molecule has 10 heteroatoms. The van der Waals surface area contributed by atoms with Gasteiger partial charge in [0.2, 0.25) is 21.8 Å². The Morgan fingerprint density at radius 3 is 2.23 bits per heavy atom. The lowest BCUT2D eigenvalue weighted by atomic mass is 10.0. The Bertz CT molecular complexity index is 1420. The molecule has 2 amide bonds. The van der Waals surface area contributed by atoms with E-state index in [0.717, 1.165) is 39.4 Å². The van der Waals surface area contributed by atoms with E-state index in [4.69, 9.17) is 11.6 Å². The lowest BCUT2D eigenvalue weighted by Gasteiger charge is -2.34. The monoisotopic (exact) mass is 573 g/mol. The minimum absolute atomic E-state index is 0.0410. The van der Waals surface area contributed by atoms with Crippen molar-refractivity contribution in [3.05, 3.63) is 100 Å². The Labute approximate surface area is 234 Å². The van der Waals surface area contributed by atoms with Crippen LogP contribution in [0.2, 0.25) is 5.02 Å². The highest BCUT2D eigenvalue weighted by Gasteiger charge is 2.33. The molecular formula is C29H33ClFN3O4S. The van der Waals surface area contributed by atoms with Gasteiger partial charge in [-0.05, 0) is 55.7 Å². The second kappa shape index (κ2) is 13.1. The van der Waals surface area contributed by atoms with E-state index in [0.29, 0.717) is 0 Å². The Kier molecular flexibility index (Phi) is 10.1. The van der Waals surface area contributed by atoms with E-state index >= 15 is 0 Å². The SMILES string of the molecule is Cc1ccccc1CN(C(=O)CN(c1ccc(F)c(Cl)c1)S(C)(=O)=O)C(Cc1ccccc1)C(=O)NC(C)C. The third-order valence-electron chi connectivity index (χ3n) is 6.17. The summed E-state index contributed by atoms with van der Waals surface area (Å²) in [7, 11) is -3.98. The molecule has 0 radical (unpaired) electrons. The van der Waals surface area contributed by atoms with Crippen LogP contribution in [0.1, 0.15) is 30.5 Å². The van der Waals surface area contributed by atoms with Gasteiger partial charge in [-0.25, -0.2) is 12.8 Å². The highest BCUT2D eigenvalue weighted by Crippen LogP contribution is 2.25. The molecule has 1 unspecified atom stereocenters. The van der Waals surface area contributed by atoms with Crippen LogP contribution in [0, 0.1) is 12.7 Å². The summed E-state index contributed by atoms with van der Waals surface area (Å²) in [5.41, 5.74) is 2.62. The number of aryl methyl sites for hydroxylation is 1. The summed E-state index contributed by atoms with van der Waals surface area (Å²) in [6.45, 7) is 5.04. The minimum atomic E-state index is -3.98.